The molecule has 0 fully saturated rings. The summed E-state index contributed by atoms with van der Waals surface area (Å²) < 4.78 is 8.73. The number of cyclic esters (lactones) is 2. The fourth-order valence-corrected chi connectivity index (χ4v) is 0.400. The van der Waals surface area contributed by atoms with Gasteiger partial charge in [0.05, 0.1) is 5.57 Å². The Morgan fingerprint density at radius 1 is 1.78 bits per heavy atom. The maximum atomic E-state index is 10.2. The molecule has 0 aromatic carbocycles. The topological polar surface area (TPSA) is 35.5 Å². The molecule has 1 rings (SSSR count). The highest BCUT2D eigenvalue weighted by molar-refractivity contribution is 5.62. The Hall–Kier alpha value is -1.43. The molecule has 3 heteroatoms. The smallest absolute Gasteiger partial charge is 0.428 e. The molecular formula is C6H4O3. The summed E-state index contributed by atoms with van der Waals surface area (Å²) in [5, 5.41) is 0. The summed E-state index contributed by atoms with van der Waals surface area (Å²) in [4.78, 5) is 10.2. The van der Waals surface area contributed by atoms with Gasteiger partial charge in [-0.15, -0.1) is 6.42 Å². The van der Waals surface area contributed by atoms with E-state index in [2.05, 4.69) is 15.4 Å². The van der Waals surface area contributed by atoms with Crippen molar-refractivity contribution in [2.75, 3.05) is 6.61 Å². The Labute approximate surface area is 52.3 Å². The van der Waals surface area contributed by atoms with Crippen LogP contribution >= 0.6 is 0 Å². The van der Waals surface area contributed by atoms with Crippen molar-refractivity contribution >= 4 is 6.16 Å². The standard InChI is InChI=1S/C6H4O3/c1-2-5-3-8-6(7)9-4-5/h1,3H,4H2. The van der Waals surface area contributed by atoms with E-state index in [0.717, 1.165) is 0 Å². The third-order valence-corrected chi connectivity index (χ3v) is 0.828. The lowest BCUT2D eigenvalue weighted by atomic mass is 10.3. The second-order valence-electron chi connectivity index (χ2n) is 1.44. The van der Waals surface area contributed by atoms with Crippen LogP contribution in [0.25, 0.3) is 0 Å². The average Bonchev–Trinajstić information content (AvgIpc) is 1.90. The van der Waals surface area contributed by atoms with Crippen molar-refractivity contribution in [3.8, 4) is 12.3 Å². The Morgan fingerprint density at radius 3 is 3.00 bits per heavy atom. The summed E-state index contributed by atoms with van der Waals surface area (Å²) in [6, 6.07) is 0. The largest absolute Gasteiger partial charge is 0.513 e. The van der Waals surface area contributed by atoms with Gasteiger partial charge in [0, 0.05) is 0 Å². The third-order valence-electron chi connectivity index (χ3n) is 0.828. The first-order chi connectivity index (χ1) is 4.33. The first-order valence-corrected chi connectivity index (χ1v) is 2.32. The van der Waals surface area contributed by atoms with E-state index in [1.165, 1.54) is 6.26 Å². The monoisotopic (exact) mass is 124 g/mol. The summed E-state index contributed by atoms with van der Waals surface area (Å²) in [5.41, 5.74) is 0.537. The molecule has 1 heterocycles. The first-order valence-electron chi connectivity index (χ1n) is 2.32. The molecule has 0 aromatic rings. The molecule has 0 saturated carbocycles. The predicted octanol–water partition coefficient (Wildman–Crippen LogP) is 0.670. The Kier molecular flexibility index (Phi) is 1.41. The summed E-state index contributed by atoms with van der Waals surface area (Å²) in [7, 11) is 0. The maximum absolute atomic E-state index is 10.2. The van der Waals surface area contributed by atoms with Crippen LogP contribution in [0.15, 0.2) is 11.8 Å². The third kappa shape index (κ3) is 1.23. The fourth-order valence-electron chi connectivity index (χ4n) is 0.400. The Bertz CT molecular complexity index is 197. The van der Waals surface area contributed by atoms with E-state index < -0.39 is 6.16 Å². The normalized spacial score (nSPS) is 16.8. The highest BCUT2D eigenvalue weighted by Gasteiger charge is 2.09. The quantitative estimate of drug-likeness (QED) is 0.351. The van der Waals surface area contributed by atoms with Crippen molar-refractivity contribution in [2.45, 2.75) is 0 Å². The van der Waals surface area contributed by atoms with E-state index in [-0.39, 0.29) is 6.61 Å². The van der Waals surface area contributed by atoms with Crippen LogP contribution in [0.1, 0.15) is 0 Å². The SMILES string of the molecule is C#CC1=COC(=O)OC1. The molecule has 1 aliphatic heterocycles. The van der Waals surface area contributed by atoms with Gasteiger partial charge in [0.25, 0.3) is 0 Å². The van der Waals surface area contributed by atoms with Gasteiger partial charge in [-0.25, -0.2) is 4.79 Å². The van der Waals surface area contributed by atoms with E-state index in [1.54, 1.807) is 0 Å². The number of ether oxygens (including phenoxy) is 2. The number of terminal acetylenes is 1. The van der Waals surface area contributed by atoms with Gasteiger partial charge < -0.3 is 9.47 Å². The molecule has 3 nitrogen and oxygen atoms in total. The second-order valence-corrected chi connectivity index (χ2v) is 1.44. The van der Waals surface area contributed by atoms with Gasteiger partial charge in [0.15, 0.2) is 0 Å². The molecule has 0 unspecified atom stereocenters. The van der Waals surface area contributed by atoms with Crippen LogP contribution in [0.3, 0.4) is 0 Å². The zero-order valence-corrected chi connectivity index (χ0v) is 4.59. The van der Waals surface area contributed by atoms with E-state index >= 15 is 0 Å². The van der Waals surface area contributed by atoms with Crippen LogP contribution in [0.5, 0.6) is 0 Å². The Balaban J connectivity index is 2.63. The zero-order valence-electron chi connectivity index (χ0n) is 4.59. The van der Waals surface area contributed by atoms with Crippen molar-refractivity contribution < 1.29 is 14.3 Å². The summed E-state index contributed by atoms with van der Waals surface area (Å²) in [5.74, 6) is 2.28. The van der Waals surface area contributed by atoms with Gasteiger partial charge in [-0.1, -0.05) is 5.92 Å². The molecule has 0 amide bonds. The van der Waals surface area contributed by atoms with Crippen molar-refractivity contribution in [3.63, 3.8) is 0 Å². The van der Waals surface area contributed by atoms with E-state index in [9.17, 15) is 4.79 Å². The highest BCUT2D eigenvalue weighted by atomic mass is 16.7. The molecule has 46 valence electrons. The molecule has 9 heavy (non-hydrogen) atoms. The lowest BCUT2D eigenvalue weighted by Crippen LogP contribution is -2.12. The minimum Gasteiger partial charge on any atom is -0.428 e. The van der Waals surface area contributed by atoms with Gasteiger partial charge in [0.2, 0.25) is 0 Å². The van der Waals surface area contributed by atoms with Crippen LogP contribution in [-0.4, -0.2) is 12.8 Å². The van der Waals surface area contributed by atoms with Crippen molar-refractivity contribution in [3.05, 3.63) is 11.8 Å². The van der Waals surface area contributed by atoms with Crippen LogP contribution < -0.4 is 0 Å². The minimum absolute atomic E-state index is 0.148. The molecule has 1 aliphatic rings. The first kappa shape index (κ1) is 5.70. The lowest BCUT2D eigenvalue weighted by Gasteiger charge is -2.07. The number of rotatable bonds is 0. The molecular weight excluding hydrogens is 120 g/mol. The van der Waals surface area contributed by atoms with Gasteiger partial charge in [-0.2, -0.15) is 0 Å². The van der Waals surface area contributed by atoms with Crippen molar-refractivity contribution in [1.82, 2.24) is 0 Å². The highest BCUT2D eigenvalue weighted by Crippen LogP contribution is 2.02. The van der Waals surface area contributed by atoms with Gasteiger partial charge in [-0.05, 0) is 0 Å². The summed E-state index contributed by atoms with van der Waals surface area (Å²) in [6.45, 7) is 0.148. The van der Waals surface area contributed by atoms with Gasteiger partial charge >= 0.3 is 6.16 Å². The molecule has 0 spiro atoms. The zero-order chi connectivity index (χ0) is 6.69. The fraction of sp³-hybridized carbons (Fsp3) is 0.167. The number of hydrogen-bond donors (Lipinski definition) is 0. The molecule has 0 bridgehead atoms. The molecule has 0 saturated heterocycles. The van der Waals surface area contributed by atoms with Crippen molar-refractivity contribution in [2.24, 2.45) is 0 Å². The average molecular weight is 124 g/mol. The second kappa shape index (κ2) is 2.23. The molecule has 0 aromatic heterocycles. The van der Waals surface area contributed by atoms with Gasteiger partial charge in [0.1, 0.15) is 12.9 Å². The van der Waals surface area contributed by atoms with Crippen LogP contribution in [0.4, 0.5) is 4.79 Å². The van der Waals surface area contributed by atoms with Crippen LogP contribution in [0.2, 0.25) is 0 Å². The lowest BCUT2D eigenvalue weighted by molar-refractivity contribution is 0.0808. The molecule has 0 aliphatic carbocycles. The maximum Gasteiger partial charge on any atom is 0.513 e. The van der Waals surface area contributed by atoms with E-state index in [0.29, 0.717) is 5.57 Å². The molecule has 0 atom stereocenters. The summed E-state index contributed by atoms with van der Waals surface area (Å²) >= 11 is 0. The van der Waals surface area contributed by atoms with Crippen molar-refractivity contribution in [1.29, 1.82) is 0 Å². The van der Waals surface area contributed by atoms with Crippen LogP contribution in [0, 0.1) is 12.3 Å². The molecule has 0 N–H and O–H groups in total. The Morgan fingerprint density at radius 2 is 2.56 bits per heavy atom. The van der Waals surface area contributed by atoms with E-state index in [4.69, 9.17) is 6.42 Å². The number of carbonyl (C=O) groups excluding carboxylic acids is 1. The van der Waals surface area contributed by atoms with E-state index in [1.807, 2.05) is 0 Å². The predicted molar refractivity (Wildman–Crippen MR) is 29.3 cm³/mol. The number of hydrogen-bond acceptors (Lipinski definition) is 3. The molecule has 0 radical (unpaired) electrons. The summed E-state index contributed by atoms with van der Waals surface area (Å²) in [6.07, 6.45) is 5.47. The number of carbonyl (C=O) groups is 1. The van der Waals surface area contributed by atoms with Crippen LogP contribution in [-0.2, 0) is 9.47 Å². The van der Waals surface area contributed by atoms with Gasteiger partial charge in [-0.3, -0.25) is 0 Å². The minimum atomic E-state index is -0.700.